The van der Waals surface area contributed by atoms with Crippen molar-refractivity contribution in [3.63, 3.8) is 0 Å². The quantitative estimate of drug-likeness (QED) is 0.430. The van der Waals surface area contributed by atoms with Gasteiger partial charge in [0.15, 0.2) is 20.8 Å². The minimum absolute atomic E-state index is 0.0142. The van der Waals surface area contributed by atoms with Gasteiger partial charge in [0.25, 0.3) is 5.91 Å². The van der Waals surface area contributed by atoms with E-state index < -0.39 is 27.4 Å². The molecule has 1 amide bonds. The van der Waals surface area contributed by atoms with Crippen LogP contribution < -0.4 is 4.90 Å². The van der Waals surface area contributed by atoms with Gasteiger partial charge in [-0.2, -0.15) is 0 Å². The number of aromatic nitrogens is 1. The number of anilines is 1. The Morgan fingerprint density at radius 3 is 2.35 bits per heavy atom. The van der Waals surface area contributed by atoms with Crippen molar-refractivity contribution in [3.05, 3.63) is 89.5 Å². The minimum atomic E-state index is -3.40. The molecule has 0 saturated heterocycles. The fraction of sp³-hybridized carbons (Fsp3) is 0.0909. The van der Waals surface area contributed by atoms with Crippen LogP contribution in [-0.4, -0.2) is 25.6 Å². The van der Waals surface area contributed by atoms with Gasteiger partial charge >= 0.3 is 0 Å². The Bertz CT molecular complexity index is 1370. The molecule has 0 radical (unpaired) electrons. The van der Waals surface area contributed by atoms with Crippen molar-refractivity contribution in [3.8, 4) is 0 Å². The molecule has 0 spiro atoms. The van der Waals surface area contributed by atoms with Gasteiger partial charge in [-0.05, 0) is 35.9 Å². The van der Waals surface area contributed by atoms with Crippen LogP contribution in [0.4, 0.5) is 13.9 Å². The number of fused-ring (bicyclic) bond motifs is 1. The fourth-order valence-electron chi connectivity index (χ4n) is 3.05. The van der Waals surface area contributed by atoms with E-state index in [1.54, 1.807) is 0 Å². The summed E-state index contributed by atoms with van der Waals surface area (Å²) in [6, 6.07) is 16.6. The van der Waals surface area contributed by atoms with E-state index in [1.165, 1.54) is 35.2 Å². The first-order valence-corrected chi connectivity index (χ1v) is 11.8. The molecule has 0 unspecified atom stereocenters. The van der Waals surface area contributed by atoms with Crippen LogP contribution in [0, 0.1) is 11.6 Å². The Hall–Kier alpha value is -3.17. The van der Waals surface area contributed by atoms with E-state index in [2.05, 4.69) is 4.98 Å². The molecule has 5 nitrogen and oxygen atoms in total. The molecule has 0 fully saturated rings. The molecule has 1 aromatic heterocycles. The molecule has 0 atom stereocenters. The Morgan fingerprint density at radius 2 is 1.71 bits per heavy atom. The van der Waals surface area contributed by atoms with Crippen molar-refractivity contribution in [1.29, 1.82) is 0 Å². The number of carbonyl (C=O) groups is 1. The summed E-state index contributed by atoms with van der Waals surface area (Å²) < 4.78 is 51.5. The van der Waals surface area contributed by atoms with Gasteiger partial charge in [-0.15, -0.1) is 0 Å². The van der Waals surface area contributed by atoms with Crippen LogP contribution >= 0.6 is 11.3 Å². The van der Waals surface area contributed by atoms with Crippen molar-refractivity contribution in [2.45, 2.75) is 11.4 Å². The number of carbonyl (C=O) groups excluding carboxylic acids is 1. The standard InChI is InChI=1S/C22H16F2N2O3S2/c1-31(28,29)17-9-7-15(8-10-17)21(27)26(13-14-5-3-2-4-6-14)22-25-20-18(24)11-16(23)12-19(20)30-22/h2-12H,13H2,1H3. The van der Waals surface area contributed by atoms with E-state index in [0.29, 0.717) is 0 Å². The first-order valence-electron chi connectivity index (χ1n) is 9.14. The van der Waals surface area contributed by atoms with Gasteiger partial charge in [0.2, 0.25) is 0 Å². The van der Waals surface area contributed by atoms with E-state index in [1.807, 2.05) is 30.3 Å². The molecule has 0 saturated carbocycles. The topological polar surface area (TPSA) is 67.3 Å². The molecule has 4 aromatic rings. The van der Waals surface area contributed by atoms with E-state index >= 15 is 0 Å². The molecule has 0 aliphatic rings. The first-order chi connectivity index (χ1) is 14.7. The van der Waals surface area contributed by atoms with Crippen LogP contribution in [0.15, 0.2) is 71.6 Å². The number of sulfone groups is 1. The average Bonchev–Trinajstić information content (AvgIpc) is 3.16. The Kier molecular flexibility index (Phi) is 5.55. The third-order valence-corrected chi connectivity index (χ3v) is 6.74. The maximum atomic E-state index is 14.2. The largest absolute Gasteiger partial charge is 0.279 e. The van der Waals surface area contributed by atoms with Crippen molar-refractivity contribution in [1.82, 2.24) is 4.98 Å². The fourth-order valence-corrected chi connectivity index (χ4v) is 4.69. The highest BCUT2D eigenvalue weighted by atomic mass is 32.2. The van der Waals surface area contributed by atoms with Crippen molar-refractivity contribution in [2.24, 2.45) is 0 Å². The van der Waals surface area contributed by atoms with Crippen LogP contribution in [0.2, 0.25) is 0 Å². The summed E-state index contributed by atoms with van der Waals surface area (Å²) in [5, 5.41) is 0.209. The summed E-state index contributed by atoms with van der Waals surface area (Å²) in [6.45, 7) is 0.150. The number of rotatable bonds is 5. The van der Waals surface area contributed by atoms with Gasteiger partial charge in [0.05, 0.1) is 16.1 Å². The summed E-state index contributed by atoms with van der Waals surface area (Å²) in [6.07, 6.45) is 1.08. The Morgan fingerprint density at radius 1 is 1.03 bits per heavy atom. The van der Waals surface area contributed by atoms with Crippen molar-refractivity contribution in [2.75, 3.05) is 11.2 Å². The van der Waals surface area contributed by atoms with Crippen LogP contribution in [0.5, 0.6) is 0 Å². The zero-order valence-electron chi connectivity index (χ0n) is 16.2. The summed E-state index contributed by atoms with van der Waals surface area (Å²) in [7, 11) is -3.40. The number of halogens is 2. The number of nitrogens with zero attached hydrogens (tertiary/aromatic N) is 2. The second-order valence-corrected chi connectivity index (χ2v) is 9.93. The van der Waals surface area contributed by atoms with Crippen LogP contribution in [0.3, 0.4) is 0 Å². The molecule has 0 N–H and O–H groups in total. The molecule has 0 bridgehead atoms. The lowest BCUT2D eigenvalue weighted by molar-refractivity contribution is 0.0985. The third kappa shape index (κ3) is 4.47. The molecular weight excluding hydrogens is 442 g/mol. The normalized spacial score (nSPS) is 11.6. The maximum absolute atomic E-state index is 14.2. The van der Waals surface area contributed by atoms with Gasteiger partial charge in [-0.1, -0.05) is 41.7 Å². The second-order valence-electron chi connectivity index (χ2n) is 6.90. The summed E-state index contributed by atoms with van der Waals surface area (Å²) in [5.74, 6) is -1.97. The van der Waals surface area contributed by atoms with Gasteiger partial charge in [-0.3, -0.25) is 9.69 Å². The Balaban J connectivity index is 1.77. The lowest BCUT2D eigenvalue weighted by Gasteiger charge is -2.20. The number of amides is 1. The van der Waals surface area contributed by atoms with Crippen molar-refractivity contribution < 1.29 is 22.0 Å². The molecular formula is C22H16F2N2O3S2. The third-order valence-electron chi connectivity index (χ3n) is 4.59. The number of thiazole rings is 1. The zero-order chi connectivity index (χ0) is 22.2. The molecule has 3 aromatic carbocycles. The summed E-state index contributed by atoms with van der Waals surface area (Å²) in [5.41, 5.74) is 1.04. The predicted octanol–water partition coefficient (Wildman–Crippen LogP) is 4.83. The number of hydrogen-bond donors (Lipinski definition) is 0. The average molecular weight is 459 g/mol. The monoisotopic (exact) mass is 458 g/mol. The molecule has 31 heavy (non-hydrogen) atoms. The first kappa shape index (κ1) is 21.1. The van der Waals surface area contributed by atoms with Gasteiger partial charge in [-0.25, -0.2) is 22.2 Å². The molecule has 9 heteroatoms. The van der Waals surface area contributed by atoms with Crippen LogP contribution in [0.1, 0.15) is 15.9 Å². The minimum Gasteiger partial charge on any atom is -0.279 e. The highest BCUT2D eigenvalue weighted by molar-refractivity contribution is 7.90. The number of hydrogen-bond acceptors (Lipinski definition) is 5. The summed E-state index contributed by atoms with van der Waals surface area (Å²) in [4.78, 5) is 19.0. The van der Waals surface area contributed by atoms with Gasteiger partial charge < -0.3 is 0 Å². The lowest BCUT2D eigenvalue weighted by atomic mass is 10.1. The Labute approximate surface area is 181 Å². The molecule has 0 aliphatic carbocycles. The maximum Gasteiger partial charge on any atom is 0.260 e. The lowest BCUT2D eigenvalue weighted by Crippen LogP contribution is -2.30. The van der Waals surface area contributed by atoms with Gasteiger partial charge in [0, 0.05) is 17.9 Å². The predicted molar refractivity (Wildman–Crippen MR) is 116 cm³/mol. The molecule has 4 rings (SSSR count). The highest BCUT2D eigenvalue weighted by Crippen LogP contribution is 2.33. The van der Waals surface area contributed by atoms with E-state index in [0.717, 1.165) is 29.2 Å². The van der Waals surface area contributed by atoms with Crippen LogP contribution in [0.25, 0.3) is 10.2 Å². The van der Waals surface area contributed by atoms with Crippen LogP contribution in [-0.2, 0) is 16.4 Å². The second kappa shape index (κ2) is 8.16. The zero-order valence-corrected chi connectivity index (χ0v) is 17.9. The van der Waals surface area contributed by atoms with E-state index in [9.17, 15) is 22.0 Å². The number of benzene rings is 3. The van der Waals surface area contributed by atoms with Gasteiger partial charge in [0.1, 0.15) is 11.3 Å². The highest BCUT2D eigenvalue weighted by Gasteiger charge is 2.23. The van der Waals surface area contributed by atoms with Crippen molar-refractivity contribution >= 4 is 42.4 Å². The molecule has 158 valence electrons. The van der Waals surface area contributed by atoms with E-state index in [-0.39, 0.29) is 32.4 Å². The molecule has 0 aliphatic heterocycles. The smallest absolute Gasteiger partial charge is 0.260 e. The van der Waals surface area contributed by atoms with E-state index in [4.69, 9.17) is 0 Å². The SMILES string of the molecule is CS(=O)(=O)c1ccc(C(=O)N(Cc2ccccc2)c2nc3c(F)cc(F)cc3s2)cc1. The summed E-state index contributed by atoms with van der Waals surface area (Å²) >= 11 is 1.00. The molecule has 1 heterocycles.